The molecule has 0 atom stereocenters. The van der Waals surface area contributed by atoms with E-state index in [9.17, 15) is 0 Å². The second-order valence-corrected chi connectivity index (χ2v) is 3.57. The zero-order valence-electron chi connectivity index (χ0n) is 10.6. The molecule has 0 aliphatic heterocycles. The van der Waals surface area contributed by atoms with E-state index in [2.05, 4.69) is 5.16 Å². The third-order valence-corrected chi connectivity index (χ3v) is 2.32. The summed E-state index contributed by atoms with van der Waals surface area (Å²) in [7, 11) is 1.66. The summed E-state index contributed by atoms with van der Waals surface area (Å²) >= 11 is 0. The van der Waals surface area contributed by atoms with Crippen LogP contribution in [0.25, 0.3) is 0 Å². The Hall–Kier alpha value is -2.29. The van der Waals surface area contributed by atoms with Gasteiger partial charge in [0.05, 0.1) is 12.8 Å². The fourth-order valence-corrected chi connectivity index (χ4v) is 1.29. The maximum Gasteiger partial charge on any atom is 0.118 e. The molecule has 0 amide bonds. The smallest absolute Gasteiger partial charge is 0.118 e. The molecule has 0 fully saturated rings. The van der Waals surface area contributed by atoms with E-state index >= 15 is 0 Å². The van der Waals surface area contributed by atoms with Gasteiger partial charge in [0.1, 0.15) is 5.75 Å². The summed E-state index contributed by atoms with van der Waals surface area (Å²) in [5.74, 6) is 0.910. The van der Waals surface area contributed by atoms with Crippen LogP contribution in [0, 0.1) is 0 Å². The maximum absolute atomic E-state index is 8.38. The van der Waals surface area contributed by atoms with Gasteiger partial charge in [-0.15, -0.1) is 0 Å². The lowest BCUT2D eigenvalue weighted by atomic mass is 10.1. The van der Waals surface area contributed by atoms with Gasteiger partial charge in [-0.25, -0.2) is 0 Å². The second-order valence-electron chi connectivity index (χ2n) is 3.57. The van der Waals surface area contributed by atoms with Crippen molar-refractivity contribution in [2.24, 2.45) is 5.16 Å². The summed E-state index contributed by atoms with van der Waals surface area (Å²) in [4.78, 5) is 0. The average Bonchev–Trinajstić information content (AvgIpc) is 2.49. The minimum absolute atomic E-state index is 0.639. The standard InChI is InChI=1S/C8H9NO.C7H8O/c1-7(9-10)8-5-3-2-4-6-8;1-8-7-5-3-2-4-6-7/h2-6,10H,1H3;2-6H,1H3. The molecule has 2 aromatic rings. The van der Waals surface area contributed by atoms with Crippen LogP contribution in [0.1, 0.15) is 12.5 Å². The number of benzene rings is 2. The van der Waals surface area contributed by atoms with Crippen LogP contribution >= 0.6 is 0 Å². The number of oxime groups is 1. The van der Waals surface area contributed by atoms with Crippen molar-refractivity contribution >= 4 is 5.71 Å². The predicted octanol–water partition coefficient (Wildman–Crippen LogP) is 3.58. The van der Waals surface area contributed by atoms with E-state index in [0.717, 1.165) is 11.3 Å². The lowest BCUT2D eigenvalue weighted by molar-refractivity contribution is 0.319. The SMILES string of the molecule is CC(=NO)c1ccccc1.COc1ccccc1. The molecule has 3 nitrogen and oxygen atoms in total. The molecule has 0 aliphatic carbocycles. The van der Waals surface area contributed by atoms with Gasteiger partial charge in [-0.1, -0.05) is 53.7 Å². The summed E-state index contributed by atoms with van der Waals surface area (Å²) in [5.41, 5.74) is 1.59. The molecule has 2 aromatic carbocycles. The molecule has 3 heteroatoms. The van der Waals surface area contributed by atoms with Gasteiger partial charge in [0, 0.05) is 0 Å². The highest BCUT2D eigenvalue weighted by Gasteiger charge is 1.92. The van der Waals surface area contributed by atoms with Gasteiger partial charge < -0.3 is 9.94 Å². The first kappa shape index (κ1) is 13.8. The fraction of sp³-hybridized carbons (Fsp3) is 0.133. The highest BCUT2D eigenvalue weighted by Crippen LogP contribution is 2.05. The highest BCUT2D eigenvalue weighted by atomic mass is 16.5. The summed E-state index contributed by atoms with van der Waals surface area (Å²) in [5, 5.41) is 11.5. The summed E-state index contributed by atoms with van der Waals surface area (Å²) in [6.45, 7) is 1.76. The van der Waals surface area contributed by atoms with Crippen molar-refractivity contribution in [3.05, 3.63) is 66.2 Å². The Bertz CT molecular complexity index is 466. The summed E-state index contributed by atoms with van der Waals surface area (Å²) in [6.07, 6.45) is 0. The lowest BCUT2D eigenvalue weighted by Crippen LogP contribution is -1.92. The van der Waals surface area contributed by atoms with Crippen LogP contribution in [0.4, 0.5) is 0 Å². The average molecular weight is 243 g/mol. The van der Waals surface area contributed by atoms with Gasteiger partial charge in [-0.2, -0.15) is 0 Å². The van der Waals surface area contributed by atoms with Crippen molar-refractivity contribution in [3.63, 3.8) is 0 Å². The molecule has 94 valence electrons. The molecule has 0 bridgehead atoms. The highest BCUT2D eigenvalue weighted by molar-refractivity contribution is 5.98. The molecule has 2 rings (SSSR count). The first-order valence-corrected chi connectivity index (χ1v) is 5.61. The molecule has 1 N–H and O–H groups in total. The third kappa shape index (κ3) is 4.70. The minimum atomic E-state index is 0.639. The number of rotatable bonds is 2. The summed E-state index contributed by atoms with van der Waals surface area (Å²) < 4.78 is 4.91. The van der Waals surface area contributed by atoms with Crippen molar-refractivity contribution in [3.8, 4) is 5.75 Å². The number of methoxy groups -OCH3 is 1. The molecule has 0 heterocycles. The van der Waals surface area contributed by atoms with Crippen LogP contribution in [-0.4, -0.2) is 18.0 Å². The van der Waals surface area contributed by atoms with Crippen molar-refractivity contribution < 1.29 is 9.94 Å². The Morgan fingerprint density at radius 1 is 0.944 bits per heavy atom. The summed E-state index contributed by atoms with van der Waals surface area (Å²) in [6, 6.07) is 19.2. The van der Waals surface area contributed by atoms with Crippen molar-refractivity contribution in [1.82, 2.24) is 0 Å². The monoisotopic (exact) mass is 243 g/mol. The Morgan fingerprint density at radius 2 is 1.44 bits per heavy atom. The number of ether oxygens (including phenoxy) is 1. The minimum Gasteiger partial charge on any atom is -0.497 e. The molecule has 0 saturated carbocycles. The number of para-hydroxylation sites is 1. The van der Waals surface area contributed by atoms with Crippen molar-refractivity contribution in [1.29, 1.82) is 0 Å². The van der Waals surface area contributed by atoms with E-state index < -0.39 is 0 Å². The molecule has 0 saturated heterocycles. The molecule has 0 unspecified atom stereocenters. The van der Waals surface area contributed by atoms with Crippen LogP contribution in [0.5, 0.6) is 5.75 Å². The van der Waals surface area contributed by atoms with Crippen LogP contribution in [0.3, 0.4) is 0 Å². The number of nitrogens with zero attached hydrogens (tertiary/aromatic N) is 1. The van der Waals surface area contributed by atoms with Crippen LogP contribution in [0.15, 0.2) is 65.8 Å². The van der Waals surface area contributed by atoms with Crippen molar-refractivity contribution in [2.75, 3.05) is 7.11 Å². The molecule has 0 aromatic heterocycles. The van der Waals surface area contributed by atoms with Gasteiger partial charge in [0.2, 0.25) is 0 Å². The van der Waals surface area contributed by atoms with E-state index in [1.54, 1.807) is 14.0 Å². The number of hydrogen-bond donors (Lipinski definition) is 1. The third-order valence-electron chi connectivity index (χ3n) is 2.32. The van der Waals surface area contributed by atoms with Crippen LogP contribution in [0.2, 0.25) is 0 Å². The van der Waals surface area contributed by atoms with E-state index in [4.69, 9.17) is 9.94 Å². The topological polar surface area (TPSA) is 41.8 Å². The first-order chi connectivity index (χ1) is 8.77. The van der Waals surface area contributed by atoms with Gasteiger partial charge in [-0.05, 0) is 24.6 Å². The lowest BCUT2D eigenvalue weighted by Gasteiger charge is -1.94. The first-order valence-electron chi connectivity index (χ1n) is 5.61. The molecule has 0 spiro atoms. The van der Waals surface area contributed by atoms with Gasteiger partial charge in [-0.3, -0.25) is 0 Å². The van der Waals surface area contributed by atoms with Gasteiger partial charge in [0.15, 0.2) is 0 Å². The Morgan fingerprint density at radius 3 is 1.83 bits per heavy atom. The second kappa shape index (κ2) is 7.90. The van der Waals surface area contributed by atoms with E-state index in [1.807, 2.05) is 60.7 Å². The van der Waals surface area contributed by atoms with Gasteiger partial charge in [0.25, 0.3) is 0 Å². The largest absolute Gasteiger partial charge is 0.497 e. The van der Waals surface area contributed by atoms with E-state index in [0.29, 0.717) is 5.71 Å². The molecule has 18 heavy (non-hydrogen) atoms. The van der Waals surface area contributed by atoms with E-state index in [1.165, 1.54) is 0 Å². The normalized spacial score (nSPS) is 10.2. The number of hydrogen-bond acceptors (Lipinski definition) is 3. The van der Waals surface area contributed by atoms with Crippen LogP contribution in [-0.2, 0) is 0 Å². The van der Waals surface area contributed by atoms with Crippen molar-refractivity contribution in [2.45, 2.75) is 6.92 Å². The van der Waals surface area contributed by atoms with Gasteiger partial charge >= 0.3 is 0 Å². The van der Waals surface area contributed by atoms with E-state index in [-0.39, 0.29) is 0 Å². The molecule has 0 radical (unpaired) electrons. The zero-order chi connectivity index (χ0) is 13.2. The Balaban J connectivity index is 0.000000184. The van der Waals surface area contributed by atoms with Crippen LogP contribution < -0.4 is 4.74 Å². The Kier molecular flexibility index (Phi) is 6.04. The predicted molar refractivity (Wildman–Crippen MR) is 73.4 cm³/mol. The quantitative estimate of drug-likeness (QED) is 0.497. The maximum atomic E-state index is 8.38. The molecule has 0 aliphatic rings. The Labute approximate surface area is 107 Å². The molecular weight excluding hydrogens is 226 g/mol. The molecular formula is C15H17NO2. The fourth-order valence-electron chi connectivity index (χ4n) is 1.29. The zero-order valence-corrected chi connectivity index (χ0v) is 10.6.